The minimum atomic E-state index is -3.97. The third kappa shape index (κ3) is 3.20. The standard InChI is InChI=1S/C21H14BrClO3S/c1-26-18-10-6-14-12-15(22)8-9-17(14)20(18)21-16-5-3-2-4-13(16)7-11-19(21)27(23,24)25/h2-12H,1H3. The zero-order valence-electron chi connectivity index (χ0n) is 14.2. The Hall–Kier alpha value is -2.08. The Morgan fingerprint density at radius 2 is 1.56 bits per heavy atom. The van der Waals surface area contributed by atoms with Crippen LogP contribution in [-0.2, 0) is 9.05 Å². The van der Waals surface area contributed by atoms with E-state index in [1.165, 1.54) is 0 Å². The van der Waals surface area contributed by atoms with E-state index in [4.69, 9.17) is 15.4 Å². The minimum Gasteiger partial charge on any atom is -0.496 e. The van der Waals surface area contributed by atoms with Crippen LogP contribution in [0.1, 0.15) is 0 Å². The van der Waals surface area contributed by atoms with Crippen molar-refractivity contribution in [3.63, 3.8) is 0 Å². The molecule has 4 rings (SSSR count). The van der Waals surface area contributed by atoms with Gasteiger partial charge in [-0.25, -0.2) is 8.42 Å². The van der Waals surface area contributed by atoms with Gasteiger partial charge in [-0.2, -0.15) is 0 Å². The summed E-state index contributed by atoms with van der Waals surface area (Å²) in [6.07, 6.45) is 0. The Labute approximate surface area is 170 Å². The summed E-state index contributed by atoms with van der Waals surface area (Å²) < 4.78 is 31.3. The van der Waals surface area contributed by atoms with Gasteiger partial charge in [0.25, 0.3) is 9.05 Å². The van der Waals surface area contributed by atoms with E-state index >= 15 is 0 Å². The van der Waals surface area contributed by atoms with Crippen molar-refractivity contribution in [3.8, 4) is 16.9 Å². The van der Waals surface area contributed by atoms with Gasteiger partial charge in [-0.15, -0.1) is 0 Å². The molecule has 0 bridgehead atoms. The number of fused-ring (bicyclic) bond motifs is 2. The molecular weight excluding hydrogens is 448 g/mol. The van der Waals surface area contributed by atoms with E-state index in [1.807, 2.05) is 54.6 Å². The van der Waals surface area contributed by atoms with Crippen LogP contribution in [0.25, 0.3) is 32.7 Å². The molecular formula is C21H14BrClO3S. The first-order valence-electron chi connectivity index (χ1n) is 8.13. The van der Waals surface area contributed by atoms with Crippen LogP contribution in [0.15, 0.2) is 76.1 Å². The average molecular weight is 462 g/mol. The topological polar surface area (TPSA) is 43.4 Å². The van der Waals surface area contributed by atoms with Crippen LogP contribution in [0, 0.1) is 0 Å². The number of methoxy groups -OCH3 is 1. The van der Waals surface area contributed by atoms with Crippen LogP contribution in [0.2, 0.25) is 0 Å². The van der Waals surface area contributed by atoms with Crippen molar-refractivity contribution in [1.82, 2.24) is 0 Å². The second-order valence-electron chi connectivity index (χ2n) is 6.11. The van der Waals surface area contributed by atoms with Gasteiger partial charge in [0.05, 0.1) is 12.0 Å². The highest BCUT2D eigenvalue weighted by Crippen LogP contribution is 2.44. The van der Waals surface area contributed by atoms with Gasteiger partial charge in [-0.1, -0.05) is 58.4 Å². The highest BCUT2D eigenvalue weighted by atomic mass is 79.9. The highest BCUT2D eigenvalue weighted by Gasteiger charge is 2.23. The van der Waals surface area contributed by atoms with Gasteiger partial charge in [0.15, 0.2) is 0 Å². The maximum Gasteiger partial charge on any atom is 0.261 e. The van der Waals surface area contributed by atoms with E-state index in [0.717, 1.165) is 26.0 Å². The van der Waals surface area contributed by atoms with Crippen molar-refractivity contribution in [3.05, 3.63) is 71.2 Å². The van der Waals surface area contributed by atoms with Crippen molar-refractivity contribution in [1.29, 1.82) is 0 Å². The Kier molecular flexibility index (Phi) is 4.62. The lowest BCUT2D eigenvalue weighted by Gasteiger charge is -2.17. The lowest BCUT2D eigenvalue weighted by molar-refractivity contribution is 0.417. The van der Waals surface area contributed by atoms with Crippen molar-refractivity contribution in [2.45, 2.75) is 4.90 Å². The summed E-state index contributed by atoms with van der Waals surface area (Å²) in [7, 11) is 3.42. The van der Waals surface area contributed by atoms with Crippen LogP contribution in [0.3, 0.4) is 0 Å². The van der Waals surface area contributed by atoms with Crippen LogP contribution in [-0.4, -0.2) is 15.5 Å². The molecule has 4 aromatic rings. The second kappa shape index (κ2) is 6.82. The number of ether oxygens (including phenoxy) is 1. The van der Waals surface area contributed by atoms with Gasteiger partial charge in [0.2, 0.25) is 0 Å². The summed E-state index contributed by atoms with van der Waals surface area (Å²) in [5.41, 5.74) is 1.26. The molecule has 0 aliphatic heterocycles. The van der Waals surface area contributed by atoms with Crippen LogP contribution < -0.4 is 4.74 Å². The molecule has 0 saturated carbocycles. The quantitative estimate of drug-likeness (QED) is 0.333. The lowest BCUT2D eigenvalue weighted by atomic mass is 9.93. The molecule has 0 aliphatic carbocycles. The molecule has 0 fully saturated rings. The molecule has 0 amide bonds. The normalized spacial score (nSPS) is 11.8. The summed E-state index contributed by atoms with van der Waals surface area (Å²) in [5, 5.41) is 3.57. The Morgan fingerprint density at radius 1 is 0.852 bits per heavy atom. The zero-order chi connectivity index (χ0) is 19.2. The minimum absolute atomic E-state index is 0.0663. The maximum atomic E-state index is 12.4. The number of halogens is 2. The van der Waals surface area contributed by atoms with E-state index in [0.29, 0.717) is 16.9 Å². The first kappa shape index (κ1) is 18.3. The van der Waals surface area contributed by atoms with Crippen molar-refractivity contribution >= 4 is 57.2 Å². The molecule has 0 heterocycles. The maximum absolute atomic E-state index is 12.4. The van der Waals surface area contributed by atoms with Crippen LogP contribution in [0.5, 0.6) is 5.75 Å². The predicted octanol–water partition coefficient (Wildman–Crippen LogP) is 6.36. The molecule has 6 heteroatoms. The molecule has 136 valence electrons. The van der Waals surface area contributed by atoms with Gasteiger partial charge in [0, 0.05) is 26.3 Å². The fourth-order valence-corrected chi connectivity index (χ4v) is 4.87. The second-order valence-corrected chi connectivity index (χ2v) is 9.56. The van der Waals surface area contributed by atoms with E-state index in [1.54, 1.807) is 19.2 Å². The van der Waals surface area contributed by atoms with Gasteiger partial charge in [-0.05, 0) is 45.8 Å². The van der Waals surface area contributed by atoms with Crippen LogP contribution in [0.4, 0.5) is 0 Å². The van der Waals surface area contributed by atoms with Gasteiger partial charge < -0.3 is 4.74 Å². The molecule has 0 spiro atoms. The first-order chi connectivity index (χ1) is 12.9. The molecule has 0 N–H and O–H groups in total. The summed E-state index contributed by atoms with van der Waals surface area (Å²) >= 11 is 3.49. The fourth-order valence-electron chi connectivity index (χ4n) is 3.42. The summed E-state index contributed by atoms with van der Waals surface area (Å²) in [6, 6.07) is 20.6. The fraction of sp³-hybridized carbons (Fsp3) is 0.0476. The van der Waals surface area contributed by atoms with Gasteiger partial charge in [0.1, 0.15) is 5.75 Å². The molecule has 0 atom stereocenters. The molecule has 0 saturated heterocycles. The molecule has 0 aliphatic rings. The third-order valence-electron chi connectivity index (χ3n) is 4.57. The summed E-state index contributed by atoms with van der Waals surface area (Å²) in [6.45, 7) is 0. The van der Waals surface area contributed by atoms with E-state index in [9.17, 15) is 8.42 Å². The number of hydrogen-bond donors (Lipinski definition) is 0. The third-order valence-corrected chi connectivity index (χ3v) is 6.42. The molecule has 0 aromatic heterocycles. The Morgan fingerprint density at radius 3 is 2.30 bits per heavy atom. The molecule has 0 unspecified atom stereocenters. The van der Waals surface area contributed by atoms with E-state index < -0.39 is 9.05 Å². The highest BCUT2D eigenvalue weighted by molar-refractivity contribution is 9.10. The number of benzene rings is 4. The number of rotatable bonds is 3. The van der Waals surface area contributed by atoms with E-state index in [-0.39, 0.29) is 4.90 Å². The monoisotopic (exact) mass is 460 g/mol. The first-order valence-corrected chi connectivity index (χ1v) is 11.2. The van der Waals surface area contributed by atoms with Crippen molar-refractivity contribution in [2.75, 3.05) is 7.11 Å². The van der Waals surface area contributed by atoms with Crippen molar-refractivity contribution < 1.29 is 13.2 Å². The zero-order valence-corrected chi connectivity index (χ0v) is 17.4. The molecule has 3 nitrogen and oxygen atoms in total. The average Bonchev–Trinajstić information content (AvgIpc) is 2.65. The largest absolute Gasteiger partial charge is 0.496 e. The SMILES string of the molecule is COc1ccc2cc(Br)ccc2c1-c1c(S(=O)(=O)Cl)ccc2ccccc12. The molecule has 4 aromatic carbocycles. The predicted molar refractivity (Wildman–Crippen MR) is 114 cm³/mol. The summed E-state index contributed by atoms with van der Waals surface area (Å²) in [5.74, 6) is 0.586. The summed E-state index contributed by atoms with van der Waals surface area (Å²) in [4.78, 5) is 0.0663. The van der Waals surface area contributed by atoms with E-state index in [2.05, 4.69) is 15.9 Å². The van der Waals surface area contributed by atoms with Crippen LogP contribution >= 0.6 is 26.6 Å². The van der Waals surface area contributed by atoms with Gasteiger partial charge in [-0.3, -0.25) is 0 Å². The molecule has 0 radical (unpaired) electrons. The Bertz CT molecular complexity index is 1300. The molecule has 27 heavy (non-hydrogen) atoms. The van der Waals surface area contributed by atoms with Gasteiger partial charge >= 0.3 is 0 Å². The van der Waals surface area contributed by atoms with Crippen molar-refractivity contribution in [2.24, 2.45) is 0 Å². The number of hydrogen-bond acceptors (Lipinski definition) is 3. The lowest BCUT2D eigenvalue weighted by Crippen LogP contribution is -1.98. The smallest absolute Gasteiger partial charge is 0.261 e. The Balaban J connectivity index is 2.26.